The van der Waals surface area contributed by atoms with E-state index in [1.54, 1.807) is 7.11 Å². The van der Waals surface area contributed by atoms with Crippen LogP contribution < -0.4 is 10.1 Å². The lowest BCUT2D eigenvalue weighted by Crippen LogP contribution is -2.34. The summed E-state index contributed by atoms with van der Waals surface area (Å²) in [5.74, 6) is 2.75. The summed E-state index contributed by atoms with van der Waals surface area (Å²) < 4.78 is 5.20. The van der Waals surface area contributed by atoms with Crippen molar-refractivity contribution in [2.45, 2.75) is 25.8 Å². The van der Waals surface area contributed by atoms with Crippen LogP contribution in [0.5, 0.6) is 5.75 Å². The van der Waals surface area contributed by atoms with Gasteiger partial charge in [-0.2, -0.15) is 0 Å². The first-order valence-corrected chi connectivity index (χ1v) is 7.84. The molecule has 0 spiro atoms. The summed E-state index contributed by atoms with van der Waals surface area (Å²) in [6.45, 7) is 7.43. The highest BCUT2D eigenvalue weighted by Gasteiger charge is 2.37. The number of hydrogen-bond donors (Lipinski definition) is 1. The molecule has 0 radical (unpaired) electrons. The molecule has 3 rings (SSSR count). The number of benzene rings is 1. The molecule has 2 aliphatic heterocycles. The molecule has 3 heteroatoms. The van der Waals surface area contributed by atoms with E-state index < -0.39 is 0 Å². The molecule has 2 saturated heterocycles. The third-order valence-electron chi connectivity index (χ3n) is 5.05. The third kappa shape index (κ3) is 2.99. The molecule has 20 heavy (non-hydrogen) atoms. The summed E-state index contributed by atoms with van der Waals surface area (Å²) in [6.07, 6.45) is 2.41. The van der Waals surface area contributed by atoms with Crippen molar-refractivity contribution >= 4 is 0 Å². The average molecular weight is 274 g/mol. The fourth-order valence-corrected chi connectivity index (χ4v) is 3.60. The highest BCUT2D eigenvalue weighted by atomic mass is 16.5. The molecule has 2 heterocycles. The minimum absolute atomic E-state index is 0.697. The Bertz CT molecular complexity index is 419. The van der Waals surface area contributed by atoms with Gasteiger partial charge in [0.05, 0.1) is 7.11 Å². The summed E-state index contributed by atoms with van der Waals surface area (Å²) >= 11 is 0. The van der Waals surface area contributed by atoms with Crippen molar-refractivity contribution in [1.29, 1.82) is 0 Å². The van der Waals surface area contributed by atoms with Gasteiger partial charge in [-0.1, -0.05) is 12.1 Å². The number of ether oxygens (including phenoxy) is 1. The third-order valence-corrected chi connectivity index (χ3v) is 5.05. The second-order valence-electron chi connectivity index (χ2n) is 6.37. The fraction of sp³-hybridized carbons (Fsp3) is 0.647. The van der Waals surface area contributed by atoms with Gasteiger partial charge in [0.25, 0.3) is 0 Å². The Morgan fingerprint density at radius 3 is 2.45 bits per heavy atom. The molecule has 0 aromatic heterocycles. The minimum Gasteiger partial charge on any atom is -0.497 e. The van der Waals surface area contributed by atoms with Crippen LogP contribution in [0.3, 0.4) is 0 Å². The van der Waals surface area contributed by atoms with Crippen molar-refractivity contribution in [2.24, 2.45) is 11.8 Å². The van der Waals surface area contributed by atoms with Crippen LogP contribution in [0.2, 0.25) is 0 Å². The topological polar surface area (TPSA) is 24.5 Å². The summed E-state index contributed by atoms with van der Waals surface area (Å²) in [5.41, 5.74) is 1.42. The number of aryl methyl sites for hydroxylation is 1. The van der Waals surface area contributed by atoms with Gasteiger partial charge in [-0.15, -0.1) is 0 Å². The van der Waals surface area contributed by atoms with Gasteiger partial charge in [0, 0.05) is 19.1 Å². The van der Waals surface area contributed by atoms with Crippen LogP contribution in [0.1, 0.15) is 18.9 Å². The van der Waals surface area contributed by atoms with E-state index in [2.05, 4.69) is 41.4 Å². The van der Waals surface area contributed by atoms with Crippen molar-refractivity contribution in [3.05, 3.63) is 29.8 Å². The zero-order valence-electron chi connectivity index (χ0n) is 12.6. The van der Waals surface area contributed by atoms with E-state index in [0.717, 1.165) is 24.0 Å². The van der Waals surface area contributed by atoms with E-state index in [-0.39, 0.29) is 0 Å². The molecule has 1 N–H and O–H groups in total. The Kier molecular flexibility index (Phi) is 4.27. The maximum absolute atomic E-state index is 5.20. The van der Waals surface area contributed by atoms with Crippen molar-refractivity contribution in [3.63, 3.8) is 0 Å². The van der Waals surface area contributed by atoms with Gasteiger partial charge in [-0.25, -0.2) is 0 Å². The van der Waals surface area contributed by atoms with Gasteiger partial charge in [0.1, 0.15) is 5.75 Å². The Morgan fingerprint density at radius 2 is 1.85 bits per heavy atom. The zero-order valence-corrected chi connectivity index (χ0v) is 12.6. The van der Waals surface area contributed by atoms with Crippen LogP contribution in [0.4, 0.5) is 0 Å². The first-order valence-electron chi connectivity index (χ1n) is 7.84. The number of rotatable bonds is 5. The van der Waals surface area contributed by atoms with E-state index in [0.29, 0.717) is 6.04 Å². The summed E-state index contributed by atoms with van der Waals surface area (Å²) in [4.78, 5) is 2.69. The molecule has 3 atom stereocenters. The normalized spacial score (nSPS) is 27.5. The Morgan fingerprint density at radius 1 is 1.20 bits per heavy atom. The molecule has 0 bridgehead atoms. The maximum Gasteiger partial charge on any atom is 0.118 e. The lowest BCUT2D eigenvalue weighted by atomic mass is 10.0. The lowest BCUT2D eigenvalue weighted by molar-refractivity contribution is 0.230. The molecule has 1 aromatic rings. The monoisotopic (exact) mass is 274 g/mol. The summed E-state index contributed by atoms with van der Waals surface area (Å²) in [5, 5.41) is 3.51. The molecular weight excluding hydrogens is 248 g/mol. The van der Waals surface area contributed by atoms with Crippen LogP contribution in [0, 0.1) is 11.8 Å². The Hall–Kier alpha value is -1.06. The van der Waals surface area contributed by atoms with Gasteiger partial charge < -0.3 is 10.1 Å². The van der Waals surface area contributed by atoms with E-state index in [4.69, 9.17) is 4.74 Å². The van der Waals surface area contributed by atoms with Crippen molar-refractivity contribution < 1.29 is 4.74 Å². The lowest BCUT2D eigenvalue weighted by Gasteiger charge is -2.25. The highest BCUT2D eigenvalue weighted by molar-refractivity contribution is 5.27. The maximum atomic E-state index is 5.20. The molecule has 0 saturated carbocycles. The van der Waals surface area contributed by atoms with Crippen LogP contribution in [0.25, 0.3) is 0 Å². The second-order valence-corrected chi connectivity index (χ2v) is 6.37. The molecule has 110 valence electrons. The van der Waals surface area contributed by atoms with Crippen LogP contribution >= 0.6 is 0 Å². The minimum atomic E-state index is 0.697. The zero-order chi connectivity index (χ0) is 13.9. The first kappa shape index (κ1) is 13.9. The van der Waals surface area contributed by atoms with Gasteiger partial charge in [-0.05, 0) is 62.4 Å². The van der Waals surface area contributed by atoms with Crippen molar-refractivity contribution in [1.82, 2.24) is 10.2 Å². The van der Waals surface area contributed by atoms with Crippen LogP contribution in [-0.4, -0.2) is 44.2 Å². The largest absolute Gasteiger partial charge is 0.497 e. The van der Waals surface area contributed by atoms with E-state index in [9.17, 15) is 0 Å². The number of likely N-dealkylation sites (tertiary alicyclic amines) is 1. The molecule has 1 unspecified atom stereocenters. The van der Waals surface area contributed by atoms with Gasteiger partial charge >= 0.3 is 0 Å². The van der Waals surface area contributed by atoms with Crippen LogP contribution in [-0.2, 0) is 6.42 Å². The Labute approximate surface area is 122 Å². The average Bonchev–Trinajstić information content (AvgIpc) is 3.06. The smallest absolute Gasteiger partial charge is 0.118 e. The number of hydrogen-bond acceptors (Lipinski definition) is 3. The SMILES string of the molecule is COc1ccc(CCC(C)N2C[C@H]3CNC[C@H]3C2)cc1. The van der Waals surface area contributed by atoms with E-state index >= 15 is 0 Å². The number of nitrogens with one attached hydrogen (secondary N) is 1. The molecule has 1 aromatic carbocycles. The molecular formula is C17H26N2O. The predicted octanol–water partition coefficient (Wildman–Crippen LogP) is 2.17. The molecule has 2 fully saturated rings. The molecule has 3 nitrogen and oxygen atoms in total. The molecule has 0 aliphatic carbocycles. The van der Waals surface area contributed by atoms with Crippen molar-refractivity contribution in [2.75, 3.05) is 33.3 Å². The van der Waals surface area contributed by atoms with Gasteiger partial charge in [0.2, 0.25) is 0 Å². The first-order chi connectivity index (χ1) is 9.76. The standard InChI is InChI=1S/C17H26N2O/c1-13(19-11-15-9-18-10-16(15)12-19)3-4-14-5-7-17(20-2)8-6-14/h5-8,13,15-16,18H,3-4,9-12H2,1-2H3/t13?,15-,16+. The van der Waals surface area contributed by atoms with Gasteiger partial charge in [0.15, 0.2) is 0 Å². The second kappa shape index (κ2) is 6.15. The predicted molar refractivity (Wildman–Crippen MR) is 82.2 cm³/mol. The van der Waals surface area contributed by atoms with E-state index in [1.165, 1.54) is 38.2 Å². The fourth-order valence-electron chi connectivity index (χ4n) is 3.60. The van der Waals surface area contributed by atoms with E-state index in [1.807, 2.05) is 0 Å². The van der Waals surface area contributed by atoms with Crippen molar-refractivity contribution in [3.8, 4) is 5.75 Å². The quantitative estimate of drug-likeness (QED) is 0.890. The summed E-state index contributed by atoms with van der Waals surface area (Å²) in [7, 11) is 1.72. The molecule has 2 aliphatic rings. The highest BCUT2D eigenvalue weighted by Crippen LogP contribution is 2.28. The number of methoxy groups -OCH3 is 1. The molecule has 0 amide bonds. The van der Waals surface area contributed by atoms with Crippen LogP contribution in [0.15, 0.2) is 24.3 Å². The summed E-state index contributed by atoms with van der Waals surface area (Å²) in [6, 6.07) is 9.20. The Balaban J connectivity index is 1.48. The number of fused-ring (bicyclic) bond motifs is 1. The van der Waals surface area contributed by atoms with Gasteiger partial charge in [-0.3, -0.25) is 4.90 Å². The number of nitrogens with zero attached hydrogens (tertiary/aromatic N) is 1.